The Morgan fingerprint density at radius 2 is 1.77 bits per heavy atom. The molecule has 3 rings (SSSR count). The Morgan fingerprint density at radius 1 is 1.09 bits per heavy atom. The number of nitrogens with zero attached hydrogens (tertiary/aromatic N) is 1. The molecule has 1 heterocycles. The molecule has 1 saturated heterocycles. The van der Waals surface area contributed by atoms with E-state index in [9.17, 15) is 4.79 Å². The molecule has 196 valence electrons. The number of aliphatic hydroxyl groups is 1. The SMILES string of the molecule is CCOC(CC)c1cccc(Cl)c1CCC(=O)O.Cc1ccc(C)c(Cl)c1.OCCN1CCCC1. The van der Waals surface area contributed by atoms with E-state index in [1.807, 2.05) is 52.0 Å². The van der Waals surface area contributed by atoms with Crippen LogP contribution >= 0.6 is 23.2 Å². The molecule has 2 aromatic rings. The van der Waals surface area contributed by atoms with Crippen LogP contribution in [0.4, 0.5) is 0 Å². The molecule has 2 N–H and O–H groups in total. The summed E-state index contributed by atoms with van der Waals surface area (Å²) in [5.74, 6) is -0.815. The lowest BCUT2D eigenvalue weighted by Gasteiger charge is -2.19. The molecule has 7 heteroatoms. The number of rotatable bonds is 9. The highest BCUT2D eigenvalue weighted by molar-refractivity contribution is 6.31. The number of benzene rings is 2. The summed E-state index contributed by atoms with van der Waals surface area (Å²) in [6.07, 6.45) is 3.99. The fourth-order valence-corrected chi connectivity index (χ4v) is 4.36. The molecule has 0 amide bonds. The Balaban J connectivity index is 0.000000298. The fraction of sp³-hybridized carbons (Fsp3) is 0.536. The van der Waals surface area contributed by atoms with Crippen molar-refractivity contribution in [3.05, 3.63) is 68.7 Å². The van der Waals surface area contributed by atoms with E-state index < -0.39 is 5.97 Å². The van der Waals surface area contributed by atoms with E-state index in [1.54, 1.807) is 6.07 Å². The van der Waals surface area contributed by atoms with E-state index in [-0.39, 0.29) is 12.5 Å². The molecule has 1 unspecified atom stereocenters. The maximum absolute atomic E-state index is 10.7. The molecule has 1 atom stereocenters. The number of likely N-dealkylation sites (tertiary alicyclic amines) is 1. The minimum absolute atomic E-state index is 0.0162. The smallest absolute Gasteiger partial charge is 0.303 e. The van der Waals surface area contributed by atoms with Gasteiger partial charge in [-0.05, 0) is 93.9 Å². The normalized spacial score (nSPS) is 13.9. The quantitative estimate of drug-likeness (QED) is 0.373. The van der Waals surface area contributed by atoms with Crippen molar-refractivity contribution < 1.29 is 19.7 Å². The second kappa shape index (κ2) is 17.7. The number of hydrogen-bond donors (Lipinski definition) is 2. The third-order valence-corrected chi connectivity index (χ3v) is 6.53. The third kappa shape index (κ3) is 12.2. The first-order chi connectivity index (χ1) is 16.7. The van der Waals surface area contributed by atoms with Crippen LogP contribution < -0.4 is 0 Å². The van der Waals surface area contributed by atoms with Gasteiger partial charge in [0.05, 0.1) is 12.7 Å². The predicted octanol–water partition coefficient (Wildman–Crippen LogP) is 6.88. The van der Waals surface area contributed by atoms with Crippen LogP contribution in [0, 0.1) is 13.8 Å². The first-order valence-corrected chi connectivity index (χ1v) is 13.2. The van der Waals surface area contributed by atoms with E-state index in [1.165, 1.54) is 31.5 Å². The Hall–Kier alpha value is -1.63. The number of carboxylic acids is 1. The number of ether oxygens (including phenoxy) is 1. The average molecular weight is 527 g/mol. The number of aryl methyl sites for hydroxylation is 2. The molecule has 0 saturated carbocycles. The Morgan fingerprint density at radius 3 is 2.29 bits per heavy atom. The molecular formula is C28H41Cl2NO4. The fourth-order valence-electron chi connectivity index (χ4n) is 3.85. The Kier molecular flexibility index (Phi) is 15.9. The van der Waals surface area contributed by atoms with E-state index in [2.05, 4.69) is 11.0 Å². The van der Waals surface area contributed by atoms with Crippen LogP contribution in [0.5, 0.6) is 0 Å². The zero-order chi connectivity index (χ0) is 26.2. The zero-order valence-electron chi connectivity index (χ0n) is 21.5. The molecule has 35 heavy (non-hydrogen) atoms. The summed E-state index contributed by atoms with van der Waals surface area (Å²) < 4.78 is 5.67. The van der Waals surface area contributed by atoms with Crippen molar-refractivity contribution in [1.29, 1.82) is 0 Å². The number of β-amino-alcohol motifs (C(OH)–C–C–N with tert-alkyl or cyclic N) is 1. The van der Waals surface area contributed by atoms with Gasteiger partial charge in [0.2, 0.25) is 0 Å². The van der Waals surface area contributed by atoms with Crippen molar-refractivity contribution in [2.24, 2.45) is 0 Å². The number of carboxylic acid groups (broad SMARTS) is 1. The molecule has 0 aliphatic carbocycles. The first kappa shape index (κ1) is 31.4. The summed E-state index contributed by atoms with van der Waals surface area (Å²) >= 11 is 12.0. The second-order valence-corrected chi connectivity index (χ2v) is 9.39. The van der Waals surface area contributed by atoms with E-state index >= 15 is 0 Å². The van der Waals surface area contributed by atoms with E-state index in [0.29, 0.717) is 24.7 Å². The highest BCUT2D eigenvalue weighted by atomic mass is 35.5. The summed E-state index contributed by atoms with van der Waals surface area (Å²) in [7, 11) is 0. The molecule has 1 aliphatic rings. The van der Waals surface area contributed by atoms with Crippen molar-refractivity contribution in [2.75, 3.05) is 32.8 Å². The molecule has 0 aromatic heterocycles. The van der Waals surface area contributed by atoms with Crippen LogP contribution in [0.1, 0.15) is 67.9 Å². The zero-order valence-corrected chi connectivity index (χ0v) is 23.0. The standard InChI is InChI=1S/C14H19ClO3.C8H9Cl.C6H13NO/c1-3-13(18-4-2)11-6-5-7-12(15)10(11)8-9-14(16)17;1-6-3-4-7(2)8(9)5-6;8-6-5-7-3-1-2-4-7/h5-7,13H,3-4,8-9H2,1-2H3,(H,16,17);3-5H,1-2H3;8H,1-6H2. The average Bonchev–Trinajstić information content (AvgIpc) is 3.33. The molecule has 0 spiro atoms. The third-order valence-electron chi connectivity index (χ3n) is 5.77. The largest absolute Gasteiger partial charge is 0.481 e. The van der Waals surface area contributed by atoms with Gasteiger partial charge in [0.1, 0.15) is 0 Å². The minimum Gasteiger partial charge on any atom is -0.481 e. The maximum atomic E-state index is 10.7. The van der Waals surface area contributed by atoms with Gasteiger partial charge in [-0.25, -0.2) is 0 Å². The van der Waals surface area contributed by atoms with Gasteiger partial charge < -0.3 is 19.8 Å². The number of aliphatic carboxylic acids is 1. The van der Waals surface area contributed by atoms with E-state index in [4.69, 9.17) is 38.2 Å². The minimum atomic E-state index is -0.815. The summed E-state index contributed by atoms with van der Waals surface area (Å²) in [6, 6.07) is 11.7. The summed E-state index contributed by atoms with van der Waals surface area (Å²) in [4.78, 5) is 13.0. The Bertz CT molecular complexity index is 885. The van der Waals surface area contributed by atoms with Crippen molar-refractivity contribution in [2.45, 2.75) is 65.9 Å². The number of halogens is 2. The van der Waals surface area contributed by atoms with Crippen LogP contribution in [0.25, 0.3) is 0 Å². The van der Waals surface area contributed by atoms with Crippen molar-refractivity contribution in [3.8, 4) is 0 Å². The molecule has 0 bridgehead atoms. The van der Waals surface area contributed by atoms with Gasteiger partial charge in [0, 0.05) is 29.6 Å². The number of hydrogen-bond acceptors (Lipinski definition) is 4. The van der Waals surface area contributed by atoms with Crippen LogP contribution in [-0.4, -0.2) is 53.9 Å². The van der Waals surface area contributed by atoms with Gasteiger partial charge in [-0.3, -0.25) is 4.79 Å². The van der Waals surface area contributed by atoms with Gasteiger partial charge in [-0.2, -0.15) is 0 Å². The molecule has 2 aromatic carbocycles. The first-order valence-electron chi connectivity index (χ1n) is 12.4. The summed E-state index contributed by atoms with van der Waals surface area (Å²) in [5.41, 5.74) is 4.25. The number of aliphatic hydroxyl groups excluding tert-OH is 1. The predicted molar refractivity (Wildman–Crippen MR) is 146 cm³/mol. The maximum Gasteiger partial charge on any atom is 0.303 e. The van der Waals surface area contributed by atoms with Crippen LogP contribution in [0.2, 0.25) is 10.0 Å². The topological polar surface area (TPSA) is 70.0 Å². The van der Waals surface area contributed by atoms with Crippen molar-refractivity contribution in [3.63, 3.8) is 0 Å². The van der Waals surface area contributed by atoms with Gasteiger partial charge in [-0.15, -0.1) is 0 Å². The van der Waals surface area contributed by atoms with Gasteiger partial charge in [-0.1, -0.05) is 54.4 Å². The molecule has 0 radical (unpaired) electrons. The lowest BCUT2D eigenvalue weighted by Crippen LogP contribution is -2.22. The monoisotopic (exact) mass is 525 g/mol. The van der Waals surface area contributed by atoms with Crippen molar-refractivity contribution >= 4 is 29.2 Å². The van der Waals surface area contributed by atoms with Gasteiger partial charge >= 0.3 is 5.97 Å². The van der Waals surface area contributed by atoms with Crippen LogP contribution in [-0.2, 0) is 16.0 Å². The second-order valence-electron chi connectivity index (χ2n) is 8.58. The van der Waals surface area contributed by atoms with Crippen LogP contribution in [0.3, 0.4) is 0 Å². The number of carbonyl (C=O) groups is 1. The van der Waals surface area contributed by atoms with Gasteiger partial charge in [0.25, 0.3) is 0 Å². The van der Waals surface area contributed by atoms with Crippen molar-refractivity contribution in [1.82, 2.24) is 4.90 Å². The highest BCUT2D eigenvalue weighted by Gasteiger charge is 2.16. The lowest BCUT2D eigenvalue weighted by molar-refractivity contribution is -0.136. The molecule has 1 fully saturated rings. The van der Waals surface area contributed by atoms with Crippen LogP contribution in [0.15, 0.2) is 36.4 Å². The van der Waals surface area contributed by atoms with Gasteiger partial charge in [0.15, 0.2) is 0 Å². The molecule has 5 nitrogen and oxygen atoms in total. The van der Waals surface area contributed by atoms with E-state index in [0.717, 1.165) is 34.7 Å². The molecular weight excluding hydrogens is 485 g/mol. The Labute approximate surface area is 221 Å². The molecule has 1 aliphatic heterocycles. The lowest BCUT2D eigenvalue weighted by atomic mass is 9.97. The highest BCUT2D eigenvalue weighted by Crippen LogP contribution is 2.30. The summed E-state index contributed by atoms with van der Waals surface area (Å²) in [5, 5.41) is 18.7. The summed E-state index contributed by atoms with van der Waals surface area (Å²) in [6.45, 7) is 12.2.